The lowest BCUT2D eigenvalue weighted by atomic mass is 9.79. The molecule has 1 saturated heterocycles. The Morgan fingerprint density at radius 1 is 1.27 bits per heavy atom. The second-order valence-corrected chi connectivity index (χ2v) is 6.76. The summed E-state index contributed by atoms with van der Waals surface area (Å²) < 4.78 is 0. The highest BCUT2D eigenvalue weighted by Gasteiger charge is 2.31. The van der Waals surface area contributed by atoms with Crippen LogP contribution in [0.3, 0.4) is 0 Å². The average molecular weight is 320 g/mol. The van der Waals surface area contributed by atoms with Crippen molar-refractivity contribution in [2.24, 2.45) is 11.7 Å². The van der Waals surface area contributed by atoms with E-state index >= 15 is 0 Å². The molecule has 2 rings (SSSR count). The van der Waals surface area contributed by atoms with Gasteiger partial charge in [-0.15, -0.1) is 11.8 Å². The molecule has 1 aliphatic heterocycles. The third-order valence-electron chi connectivity index (χ3n) is 4.31. The van der Waals surface area contributed by atoms with Gasteiger partial charge in [-0.2, -0.15) is 0 Å². The van der Waals surface area contributed by atoms with E-state index in [4.69, 9.17) is 5.73 Å². The van der Waals surface area contributed by atoms with E-state index in [1.54, 1.807) is 0 Å². The summed E-state index contributed by atoms with van der Waals surface area (Å²) in [4.78, 5) is 24.9. The van der Waals surface area contributed by atoms with Crippen LogP contribution in [-0.4, -0.2) is 41.3 Å². The van der Waals surface area contributed by atoms with Crippen LogP contribution in [0.15, 0.2) is 30.3 Å². The van der Waals surface area contributed by atoms with Crippen molar-refractivity contribution in [3.63, 3.8) is 0 Å². The number of hydrogen-bond donors (Lipinski definition) is 1. The second kappa shape index (κ2) is 8.22. The summed E-state index contributed by atoms with van der Waals surface area (Å²) in [5, 5.41) is 0. The number of amides is 2. The molecule has 1 aliphatic rings. The minimum Gasteiger partial charge on any atom is -0.369 e. The quantitative estimate of drug-likeness (QED) is 0.874. The molecule has 1 aromatic rings. The lowest BCUT2D eigenvalue weighted by Crippen LogP contribution is -2.43. The molecule has 2 N–H and O–H groups in total. The molecule has 5 heteroatoms. The summed E-state index contributed by atoms with van der Waals surface area (Å²) in [5.41, 5.74) is 6.48. The number of rotatable bonds is 6. The fourth-order valence-electron chi connectivity index (χ4n) is 3.14. The molecular formula is C17H24N2O2S. The van der Waals surface area contributed by atoms with Crippen LogP contribution in [0.4, 0.5) is 0 Å². The van der Waals surface area contributed by atoms with Gasteiger partial charge in [-0.1, -0.05) is 43.7 Å². The van der Waals surface area contributed by atoms with E-state index in [2.05, 4.69) is 31.2 Å². The fourth-order valence-corrected chi connectivity index (χ4v) is 3.80. The van der Waals surface area contributed by atoms with Crippen LogP contribution < -0.4 is 5.73 Å². The molecule has 0 bridgehead atoms. The smallest absolute Gasteiger partial charge is 0.232 e. The molecule has 0 radical (unpaired) electrons. The molecule has 1 heterocycles. The van der Waals surface area contributed by atoms with Crippen LogP contribution in [-0.2, 0) is 9.59 Å². The first-order chi connectivity index (χ1) is 10.6. The summed E-state index contributed by atoms with van der Waals surface area (Å²) in [6.45, 7) is 3.80. The Balaban J connectivity index is 1.92. The second-order valence-electron chi connectivity index (χ2n) is 5.77. The highest BCUT2D eigenvalue weighted by Crippen LogP contribution is 2.34. The monoisotopic (exact) mass is 320 g/mol. The molecule has 0 spiro atoms. The first-order valence-corrected chi connectivity index (χ1v) is 8.96. The summed E-state index contributed by atoms with van der Waals surface area (Å²) >= 11 is 1.30. The van der Waals surface area contributed by atoms with Gasteiger partial charge in [-0.3, -0.25) is 9.59 Å². The minimum atomic E-state index is -0.368. The normalized spacial score (nSPS) is 21.6. The van der Waals surface area contributed by atoms with Crippen molar-refractivity contribution in [2.45, 2.75) is 25.7 Å². The first kappa shape index (κ1) is 16.9. The van der Waals surface area contributed by atoms with E-state index in [0.717, 1.165) is 25.9 Å². The Morgan fingerprint density at radius 2 is 2.00 bits per heavy atom. The van der Waals surface area contributed by atoms with Crippen molar-refractivity contribution in [2.75, 3.05) is 24.6 Å². The Labute approximate surface area is 136 Å². The zero-order valence-corrected chi connectivity index (χ0v) is 13.8. The average Bonchev–Trinajstić information content (AvgIpc) is 2.54. The van der Waals surface area contributed by atoms with Gasteiger partial charge in [-0.05, 0) is 23.8 Å². The molecule has 2 atom stereocenters. The number of piperidine rings is 1. The number of carbonyl (C=O) groups excluding carboxylic acids is 2. The largest absolute Gasteiger partial charge is 0.369 e. The van der Waals surface area contributed by atoms with Crippen LogP contribution in [0.1, 0.15) is 31.2 Å². The zero-order valence-electron chi connectivity index (χ0n) is 13.0. The molecule has 0 aliphatic carbocycles. The first-order valence-electron chi connectivity index (χ1n) is 7.80. The number of nitrogens with zero attached hydrogens (tertiary/aromatic N) is 1. The van der Waals surface area contributed by atoms with E-state index in [9.17, 15) is 9.59 Å². The van der Waals surface area contributed by atoms with E-state index in [-0.39, 0.29) is 17.6 Å². The fraction of sp³-hybridized carbons (Fsp3) is 0.529. The summed E-state index contributed by atoms with van der Waals surface area (Å²) in [6, 6.07) is 10.6. The molecule has 2 amide bonds. The molecule has 120 valence electrons. The van der Waals surface area contributed by atoms with Crippen molar-refractivity contribution in [3.8, 4) is 0 Å². The number of benzene rings is 1. The molecule has 22 heavy (non-hydrogen) atoms. The van der Waals surface area contributed by atoms with Gasteiger partial charge >= 0.3 is 0 Å². The molecule has 0 aromatic heterocycles. The number of thioether (sulfide) groups is 1. The predicted molar refractivity (Wildman–Crippen MR) is 90.7 cm³/mol. The van der Waals surface area contributed by atoms with Crippen LogP contribution in [0.2, 0.25) is 0 Å². The molecule has 1 fully saturated rings. The Morgan fingerprint density at radius 3 is 2.64 bits per heavy atom. The van der Waals surface area contributed by atoms with Gasteiger partial charge in [0.15, 0.2) is 0 Å². The van der Waals surface area contributed by atoms with Gasteiger partial charge in [0.1, 0.15) is 0 Å². The van der Waals surface area contributed by atoms with E-state index in [0.29, 0.717) is 17.6 Å². The van der Waals surface area contributed by atoms with Crippen molar-refractivity contribution in [3.05, 3.63) is 35.9 Å². The Hall–Kier alpha value is -1.49. The SMILES string of the molecule is CC[C@@H]1CN(C(=O)CSCC(N)=O)CC[C@H]1c1ccccc1. The van der Waals surface area contributed by atoms with Gasteiger partial charge in [-0.25, -0.2) is 0 Å². The number of likely N-dealkylation sites (tertiary alicyclic amines) is 1. The lowest BCUT2D eigenvalue weighted by Gasteiger charge is -2.38. The standard InChI is InChI=1S/C17H24N2O2S/c1-2-13-10-19(17(21)12-22-11-16(18)20)9-8-15(13)14-6-4-3-5-7-14/h3-7,13,15H,2,8-12H2,1H3,(H2,18,20)/t13-,15-/m1/s1. The summed E-state index contributed by atoms with van der Waals surface area (Å²) in [6.07, 6.45) is 2.08. The number of hydrogen-bond acceptors (Lipinski definition) is 3. The van der Waals surface area contributed by atoms with Crippen molar-refractivity contribution in [1.82, 2.24) is 4.90 Å². The lowest BCUT2D eigenvalue weighted by molar-refractivity contribution is -0.130. The van der Waals surface area contributed by atoms with Gasteiger partial charge in [0.05, 0.1) is 11.5 Å². The summed E-state index contributed by atoms with van der Waals surface area (Å²) in [5.74, 6) is 1.34. The van der Waals surface area contributed by atoms with E-state index in [1.807, 2.05) is 11.0 Å². The molecule has 0 saturated carbocycles. The van der Waals surface area contributed by atoms with Gasteiger partial charge in [0, 0.05) is 13.1 Å². The Bertz CT molecular complexity index is 507. The minimum absolute atomic E-state index is 0.121. The molecular weight excluding hydrogens is 296 g/mol. The van der Waals surface area contributed by atoms with Crippen molar-refractivity contribution < 1.29 is 9.59 Å². The van der Waals surface area contributed by atoms with E-state index < -0.39 is 0 Å². The maximum absolute atomic E-state index is 12.2. The van der Waals surface area contributed by atoms with Crippen LogP contribution in [0.25, 0.3) is 0 Å². The third kappa shape index (κ3) is 4.50. The van der Waals surface area contributed by atoms with Crippen LogP contribution in [0.5, 0.6) is 0 Å². The van der Waals surface area contributed by atoms with Gasteiger partial charge in [0.2, 0.25) is 11.8 Å². The molecule has 4 nitrogen and oxygen atoms in total. The number of primary amides is 1. The topological polar surface area (TPSA) is 63.4 Å². The third-order valence-corrected chi connectivity index (χ3v) is 5.25. The zero-order chi connectivity index (χ0) is 15.9. The van der Waals surface area contributed by atoms with E-state index in [1.165, 1.54) is 17.3 Å². The predicted octanol–water partition coefficient (Wildman–Crippen LogP) is 2.25. The molecule has 1 aromatic carbocycles. The van der Waals surface area contributed by atoms with Crippen molar-refractivity contribution >= 4 is 23.6 Å². The maximum Gasteiger partial charge on any atom is 0.232 e. The van der Waals surface area contributed by atoms with Crippen molar-refractivity contribution in [1.29, 1.82) is 0 Å². The number of carbonyl (C=O) groups is 2. The highest BCUT2D eigenvalue weighted by molar-refractivity contribution is 8.00. The maximum atomic E-state index is 12.2. The summed E-state index contributed by atoms with van der Waals surface area (Å²) in [7, 11) is 0. The van der Waals surface area contributed by atoms with Crippen LogP contribution >= 0.6 is 11.8 Å². The highest BCUT2D eigenvalue weighted by atomic mass is 32.2. The van der Waals surface area contributed by atoms with Gasteiger partial charge in [0.25, 0.3) is 0 Å². The van der Waals surface area contributed by atoms with Crippen LogP contribution in [0, 0.1) is 5.92 Å². The Kier molecular flexibility index (Phi) is 6.31. The number of nitrogens with two attached hydrogens (primary N) is 1. The molecule has 0 unspecified atom stereocenters. The van der Waals surface area contributed by atoms with Gasteiger partial charge < -0.3 is 10.6 Å².